The van der Waals surface area contributed by atoms with Gasteiger partial charge in [0.05, 0.1) is 24.6 Å². The number of nitrogens with zero attached hydrogens (tertiary/aromatic N) is 6. The summed E-state index contributed by atoms with van der Waals surface area (Å²) in [7, 11) is 1.84. The number of hydrogen-bond donors (Lipinski definition) is 2. The SMILES string of the molecule is Cn1cc(-c2nnc(NC3N=C(c4ccccc4)c4ccccc4NC3=O)o2)c(N2CCOCC2)n1. The van der Waals surface area contributed by atoms with Crippen molar-refractivity contribution in [3.05, 3.63) is 71.9 Å². The molecule has 0 saturated carbocycles. The Kier molecular flexibility index (Phi) is 5.66. The Morgan fingerprint density at radius 3 is 2.61 bits per heavy atom. The molecule has 2 aromatic heterocycles. The van der Waals surface area contributed by atoms with E-state index < -0.39 is 6.17 Å². The van der Waals surface area contributed by atoms with Crippen molar-refractivity contribution in [3.8, 4) is 11.5 Å². The highest BCUT2D eigenvalue weighted by molar-refractivity contribution is 6.19. The van der Waals surface area contributed by atoms with Gasteiger partial charge < -0.3 is 24.7 Å². The lowest BCUT2D eigenvalue weighted by atomic mass is 10.0. The van der Waals surface area contributed by atoms with Gasteiger partial charge in [-0.05, 0) is 6.07 Å². The van der Waals surface area contributed by atoms with Crippen LogP contribution in [0.15, 0.2) is 70.2 Å². The van der Waals surface area contributed by atoms with Crippen LogP contribution in [0.2, 0.25) is 0 Å². The molecule has 1 saturated heterocycles. The molecule has 2 aromatic carbocycles. The van der Waals surface area contributed by atoms with Crippen LogP contribution in [0.3, 0.4) is 0 Å². The second-order valence-electron chi connectivity index (χ2n) is 8.48. The van der Waals surface area contributed by atoms with E-state index in [1.807, 2.05) is 67.8 Å². The molecule has 4 heterocycles. The number of nitrogens with one attached hydrogen (secondary N) is 2. The zero-order valence-corrected chi connectivity index (χ0v) is 19.6. The van der Waals surface area contributed by atoms with Crippen molar-refractivity contribution in [2.45, 2.75) is 6.17 Å². The van der Waals surface area contributed by atoms with Gasteiger partial charge in [0.25, 0.3) is 11.8 Å². The van der Waals surface area contributed by atoms with E-state index in [0.29, 0.717) is 36.1 Å². The summed E-state index contributed by atoms with van der Waals surface area (Å²) in [5, 5.41) is 18.9. The highest BCUT2D eigenvalue weighted by atomic mass is 16.5. The number of para-hydroxylation sites is 1. The second kappa shape index (κ2) is 9.27. The molecule has 2 aliphatic rings. The minimum atomic E-state index is -0.978. The average Bonchev–Trinajstić information content (AvgIpc) is 3.51. The summed E-state index contributed by atoms with van der Waals surface area (Å²) in [5.41, 5.74) is 3.81. The van der Waals surface area contributed by atoms with Crippen LogP contribution in [0, 0.1) is 0 Å². The summed E-state index contributed by atoms with van der Waals surface area (Å²) < 4.78 is 13.1. The smallest absolute Gasteiger partial charge is 0.317 e. The Balaban J connectivity index is 1.31. The van der Waals surface area contributed by atoms with Crippen molar-refractivity contribution >= 4 is 29.1 Å². The third-order valence-electron chi connectivity index (χ3n) is 6.03. The zero-order chi connectivity index (χ0) is 24.5. The average molecular weight is 485 g/mol. The van der Waals surface area contributed by atoms with E-state index in [4.69, 9.17) is 14.1 Å². The van der Waals surface area contributed by atoms with Crippen LogP contribution in [-0.2, 0) is 16.6 Å². The summed E-state index contributed by atoms with van der Waals surface area (Å²) in [4.78, 5) is 20.0. The predicted octanol–water partition coefficient (Wildman–Crippen LogP) is 2.53. The molecule has 1 unspecified atom stereocenters. The molecule has 1 amide bonds. The number of benzodiazepines with no additional fused rings is 1. The number of aryl methyl sites for hydroxylation is 1. The number of morpholine rings is 1. The van der Waals surface area contributed by atoms with E-state index >= 15 is 0 Å². The molecular weight excluding hydrogens is 460 g/mol. The largest absolute Gasteiger partial charge is 0.403 e. The van der Waals surface area contributed by atoms with Crippen molar-refractivity contribution in [3.63, 3.8) is 0 Å². The molecule has 0 spiro atoms. The topological polar surface area (TPSA) is 123 Å². The van der Waals surface area contributed by atoms with Gasteiger partial charge in [0.15, 0.2) is 5.82 Å². The quantitative estimate of drug-likeness (QED) is 0.443. The lowest BCUT2D eigenvalue weighted by Crippen LogP contribution is -2.36. The first kappa shape index (κ1) is 22.0. The maximum absolute atomic E-state index is 13.1. The van der Waals surface area contributed by atoms with Crippen LogP contribution < -0.4 is 15.5 Å². The Hall–Kier alpha value is -4.51. The number of benzene rings is 2. The van der Waals surface area contributed by atoms with Gasteiger partial charge in [-0.1, -0.05) is 53.6 Å². The third kappa shape index (κ3) is 4.20. The number of rotatable bonds is 5. The van der Waals surface area contributed by atoms with Crippen LogP contribution in [0.25, 0.3) is 11.5 Å². The van der Waals surface area contributed by atoms with Gasteiger partial charge in [0.2, 0.25) is 6.17 Å². The number of fused-ring (bicyclic) bond motifs is 1. The molecule has 36 heavy (non-hydrogen) atoms. The molecule has 11 nitrogen and oxygen atoms in total. The Morgan fingerprint density at radius 2 is 1.78 bits per heavy atom. The van der Waals surface area contributed by atoms with E-state index in [1.54, 1.807) is 4.68 Å². The number of amides is 1. The van der Waals surface area contributed by atoms with Gasteiger partial charge in [0.1, 0.15) is 5.56 Å². The van der Waals surface area contributed by atoms with Gasteiger partial charge in [-0.3, -0.25) is 9.48 Å². The maximum atomic E-state index is 13.1. The fraction of sp³-hybridized carbons (Fsp3) is 0.240. The van der Waals surface area contributed by atoms with E-state index in [-0.39, 0.29) is 11.9 Å². The van der Waals surface area contributed by atoms with Crippen molar-refractivity contribution in [2.24, 2.45) is 12.0 Å². The number of aromatic nitrogens is 4. The minimum Gasteiger partial charge on any atom is -0.403 e. The normalized spacial score (nSPS) is 17.7. The van der Waals surface area contributed by atoms with Crippen LogP contribution >= 0.6 is 0 Å². The predicted molar refractivity (Wildman–Crippen MR) is 134 cm³/mol. The maximum Gasteiger partial charge on any atom is 0.317 e. The summed E-state index contributed by atoms with van der Waals surface area (Å²) >= 11 is 0. The van der Waals surface area contributed by atoms with Gasteiger partial charge in [0, 0.05) is 37.5 Å². The molecule has 2 aliphatic heterocycles. The van der Waals surface area contributed by atoms with Crippen LogP contribution in [0.5, 0.6) is 0 Å². The first-order valence-corrected chi connectivity index (χ1v) is 11.7. The highest BCUT2D eigenvalue weighted by Crippen LogP contribution is 2.31. The van der Waals surface area contributed by atoms with Crippen molar-refractivity contribution in [1.29, 1.82) is 0 Å². The first-order valence-electron chi connectivity index (χ1n) is 11.7. The second-order valence-corrected chi connectivity index (χ2v) is 8.48. The van der Waals surface area contributed by atoms with Gasteiger partial charge in [-0.15, -0.1) is 5.10 Å². The van der Waals surface area contributed by atoms with E-state index in [0.717, 1.165) is 30.0 Å². The van der Waals surface area contributed by atoms with Crippen LogP contribution in [0.4, 0.5) is 17.5 Å². The molecule has 4 aromatic rings. The first-order chi connectivity index (χ1) is 17.7. The minimum absolute atomic E-state index is 0.0871. The molecule has 0 radical (unpaired) electrons. The van der Waals surface area contributed by atoms with E-state index in [2.05, 4.69) is 30.8 Å². The number of anilines is 3. The number of ether oxygens (including phenoxy) is 1. The van der Waals surface area contributed by atoms with Gasteiger partial charge >= 0.3 is 6.01 Å². The van der Waals surface area contributed by atoms with Crippen molar-refractivity contribution in [1.82, 2.24) is 20.0 Å². The zero-order valence-electron chi connectivity index (χ0n) is 19.6. The highest BCUT2D eigenvalue weighted by Gasteiger charge is 2.28. The number of carbonyl (C=O) groups excluding carboxylic acids is 1. The third-order valence-corrected chi connectivity index (χ3v) is 6.03. The fourth-order valence-corrected chi connectivity index (χ4v) is 4.32. The molecule has 2 N–H and O–H groups in total. The lowest BCUT2D eigenvalue weighted by Gasteiger charge is -2.27. The Bertz CT molecular complexity index is 1420. The molecular formula is C25H24N8O3. The monoisotopic (exact) mass is 484 g/mol. The Morgan fingerprint density at radius 1 is 1.00 bits per heavy atom. The summed E-state index contributed by atoms with van der Waals surface area (Å²) in [6.07, 6.45) is 0.858. The summed E-state index contributed by atoms with van der Waals surface area (Å²) in [6, 6.07) is 17.4. The molecule has 182 valence electrons. The number of aliphatic imine (C=N–C) groups is 1. The molecule has 0 aliphatic carbocycles. The fourth-order valence-electron chi connectivity index (χ4n) is 4.32. The van der Waals surface area contributed by atoms with Crippen LogP contribution in [-0.4, -0.2) is 64.1 Å². The molecule has 6 rings (SSSR count). The lowest BCUT2D eigenvalue weighted by molar-refractivity contribution is -0.116. The van der Waals surface area contributed by atoms with Crippen molar-refractivity contribution < 1.29 is 13.9 Å². The van der Waals surface area contributed by atoms with Crippen molar-refractivity contribution in [2.75, 3.05) is 41.8 Å². The molecule has 1 fully saturated rings. The summed E-state index contributed by atoms with van der Waals surface area (Å²) in [6.45, 7) is 2.72. The number of hydrogen-bond acceptors (Lipinski definition) is 9. The van der Waals surface area contributed by atoms with Crippen LogP contribution in [0.1, 0.15) is 11.1 Å². The van der Waals surface area contributed by atoms with Gasteiger partial charge in [-0.2, -0.15) is 5.10 Å². The van der Waals surface area contributed by atoms with E-state index in [1.165, 1.54) is 0 Å². The molecule has 1 atom stereocenters. The Labute approximate surface area is 206 Å². The van der Waals surface area contributed by atoms with E-state index in [9.17, 15) is 4.79 Å². The molecule has 11 heteroatoms. The van der Waals surface area contributed by atoms with Gasteiger partial charge in [-0.25, -0.2) is 4.99 Å². The standard InChI is InChI=1S/C25H24N8O3/c1-32-15-18(22(31-32)33-11-13-35-14-12-33)24-29-30-25(36-24)28-21-23(34)26-19-10-6-5-9-17(19)20(27-21)16-7-3-2-4-8-16/h2-10,15,21H,11-14H2,1H3,(H,26,34)(H,28,30). The number of carbonyl (C=O) groups is 1. The summed E-state index contributed by atoms with van der Waals surface area (Å²) in [5.74, 6) is 0.725. The molecule has 0 bridgehead atoms.